The minimum Gasteiger partial charge on any atom is -0.384 e. The topological polar surface area (TPSA) is 125 Å². The van der Waals surface area contributed by atoms with Crippen molar-refractivity contribution >= 4 is 80.4 Å². The van der Waals surface area contributed by atoms with Gasteiger partial charge in [-0.05, 0) is 36.6 Å². The monoisotopic (exact) mass is 616 g/mol. The van der Waals surface area contributed by atoms with Gasteiger partial charge in [0, 0.05) is 17.7 Å². The van der Waals surface area contributed by atoms with E-state index in [4.69, 9.17) is 40.5 Å². The number of hydrogen-bond donors (Lipinski definition) is 2. The van der Waals surface area contributed by atoms with E-state index in [1.807, 2.05) is 0 Å². The highest BCUT2D eigenvalue weighted by atomic mass is 35.5. The predicted molar refractivity (Wildman–Crippen MR) is 155 cm³/mol. The largest absolute Gasteiger partial charge is 0.384 e. The molecule has 0 bridgehead atoms. The lowest BCUT2D eigenvalue weighted by atomic mass is 9.76. The maximum atomic E-state index is 13.3. The van der Waals surface area contributed by atoms with Gasteiger partial charge < -0.3 is 11.1 Å². The van der Waals surface area contributed by atoms with Crippen LogP contribution in [0.3, 0.4) is 0 Å². The molecule has 0 saturated carbocycles. The number of carbonyl (C=O) groups is 2. The Labute approximate surface area is 247 Å². The van der Waals surface area contributed by atoms with Crippen LogP contribution in [-0.4, -0.2) is 27.6 Å². The summed E-state index contributed by atoms with van der Waals surface area (Å²) in [5, 5.41) is 22.9. The molecule has 0 spiro atoms. The summed E-state index contributed by atoms with van der Waals surface area (Å²) in [5.74, 6) is -0.848. The van der Waals surface area contributed by atoms with Crippen molar-refractivity contribution in [1.29, 1.82) is 5.26 Å². The zero-order valence-electron chi connectivity index (χ0n) is 20.1. The summed E-state index contributed by atoms with van der Waals surface area (Å²) in [6, 6.07) is 14.3. The van der Waals surface area contributed by atoms with E-state index in [0.717, 1.165) is 0 Å². The minimum atomic E-state index is -0.740. The summed E-state index contributed by atoms with van der Waals surface area (Å²) < 4.78 is 0.523. The molecule has 2 heterocycles. The number of allylic oxidation sites excluding steroid dienone is 3. The van der Waals surface area contributed by atoms with Gasteiger partial charge in [0.05, 0.1) is 44.1 Å². The van der Waals surface area contributed by atoms with Crippen LogP contribution in [0.5, 0.6) is 0 Å². The van der Waals surface area contributed by atoms with Crippen molar-refractivity contribution in [3.8, 4) is 6.07 Å². The fourth-order valence-corrected chi connectivity index (χ4v) is 6.87. The zero-order chi connectivity index (χ0) is 27.7. The van der Waals surface area contributed by atoms with Crippen LogP contribution in [0, 0.1) is 11.3 Å². The molecule has 1 aliphatic carbocycles. The van der Waals surface area contributed by atoms with Gasteiger partial charge in [0.2, 0.25) is 11.0 Å². The van der Waals surface area contributed by atoms with E-state index < -0.39 is 5.92 Å². The number of amides is 1. The Kier molecular flexibility index (Phi) is 8.16. The van der Waals surface area contributed by atoms with Crippen molar-refractivity contribution in [1.82, 2.24) is 10.2 Å². The molecule has 1 atom stereocenters. The van der Waals surface area contributed by atoms with E-state index in [1.54, 1.807) is 47.4 Å². The highest BCUT2D eigenvalue weighted by Gasteiger charge is 2.42. The lowest BCUT2D eigenvalue weighted by Gasteiger charge is -2.38. The molecule has 1 aliphatic heterocycles. The first-order valence-corrected chi connectivity index (χ1v) is 14.6. The summed E-state index contributed by atoms with van der Waals surface area (Å²) in [4.78, 5) is 27.4. The van der Waals surface area contributed by atoms with E-state index >= 15 is 0 Å². The van der Waals surface area contributed by atoms with Crippen molar-refractivity contribution in [2.45, 2.75) is 29.5 Å². The van der Waals surface area contributed by atoms with Crippen LogP contribution in [-0.2, 0) is 9.59 Å². The van der Waals surface area contributed by atoms with Gasteiger partial charge in [-0.15, -0.1) is 10.2 Å². The molecule has 0 fully saturated rings. The summed E-state index contributed by atoms with van der Waals surface area (Å²) in [6.07, 6.45) is 1.52. The molecular formula is C26H19Cl3N6O2S2. The molecule has 2 aliphatic rings. The minimum absolute atomic E-state index is 0.0798. The third-order valence-corrected chi connectivity index (χ3v) is 9.47. The molecule has 198 valence electrons. The second-order valence-electron chi connectivity index (χ2n) is 8.63. The van der Waals surface area contributed by atoms with Gasteiger partial charge in [0.1, 0.15) is 5.82 Å². The van der Waals surface area contributed by atoms with E-state index in [9.17, 15) is 14.9 Å². The van der Waals surface area contributed by atoms with Crippen molar-refractivity contribution in [2.24, 2.45) is 5.73 Å². The van der Waals surface area contributed by atoms with Crippen LogP contribution in [0.4, 0.5) is 10.8 Å². The fraction of sp³-hybridized carbons (Fsp3) is 0.192. The highest BCUT2D eigenvalue weighted by molar-refractivity contribution is 8.01. The Hall–Kier alpha value is -3.07. The molecule has 0 saturated heterocycles. The fourth-order valence-electron chi connectivity index (χ4n) is 4.59. The average Bonchev–Trinajstić information content (AvgIpc) is 3.38. The summed E-state index contributed by atoms with van der Waals surface area (Å²) in [7, 11) is 0. The number of halogens is 3. The third-order valence-electron chi connectivity index (χ3n) is 6.27. The van der Waals surface area contributed by atoms with Crippen LogP contribution in [0.15, 0.2) is 69.5 Å². The van der Waals surface area contributed by atoms with E-state index in [-0.39, 0.29) is 33.9 Å². The predicted octanol–water partition coefficient (Wildman–Crippen LogP) is 6.53. The first-order chi connectivity index (χ1) is 18.8. The lowest BCUT2D eigenvalue weighted by molar-refractivity contribution is -0.116. The first kappa shape index (κ1) is 27.5. The number of para-hydroxylation sites is 1. The van der Waals surface area contributed by atoms with Crippen molar-refractivity contribution < 1.29 is 9.59 Å². The Morgan fingerprint density at radius 1 is 1.15 bits per heavy atom. The molecule has 0 radical (unpaired) electrons. The Balaban J connectivity index is 1.45. The van der Waals surface area contributed by atoms with E-state index in [2.05, 4.69) is 21.6 Å². The molecule has 39 heavy (non-hydrogen) atoms. The molecule has 3 N–H and O–H groups in total. The van der Waals surface area contributed by atoms with Gasteiger partial charge in [0.15, 0.2) is 10.1 Å². The number of carbonyl (C=O) groups excluding carboxylic acids is 2. The standard InChI is InChI=1S/C26H19Cl3N6O2S2/c27-15-6-1-2-8-17(15)32-20(37)12-38-26-34-33-25(39-26)35-18-9-4-10-19(36)22(18)21(14(11-30)24(35)31)13-5-3-7-16(28)23(13)29/h1-3,5-8,21H,4,9-10,12,31H2,(H,32,37). The molecule has 1 unspecified atom stereocenters. The van der Waals surface area contributed by atoms with Gasteiger partial charge >= 0.3 is 0 Å². The number of Topliss-reactive ketones (excluding diaryl/α,β-unsaturated/α-hetero) is 1. The van der Waals surface area contributed by atoms with Gasteiger partial charge in [-0.25, -0.2) is 0 Å². The van der Waals surface area contributed by atoms with Crippen LogP contribution in [0.25, 0.3) is 0 Å². The molecule has 3 aromatic rings. The van der Waals surface area contributed by atoms with Gasteiger partial charge in [-0.2, -0.15) is 5.26 Å². The normalized spacial score (nSPS) is 17.2. The number of nitrogens with two attached hydrogens (primary N) is 1. The van der Waals surface area contributed by atoms with Crippen LogP contribution in [0.1, 0.15) is 30.7 Å². The van der Waals surface area contributed by atoms with Crippen LogP contribution in [0.2, 0.25) is 15.1 Å². The van der Waals surface area contributed by atoms with E-state index in [0.29, 0.717) is 61.3 Å². The number of thioether (sulfide) groups is 1. The quantitative estimate of drug-likeness (QED) is 0.299. The van der Waals surface area contributed by atoms with Crippen LogP contribution < -0.4 is 16.0 Å². The second-order valence-corrected chi connectivity index (χ2v) is 12.0. The molecule has 5 rings (SSSR count). The summed E-state index contributed by atoms with van der Waals surface area (Å²) >= 11 is 21.3. The third kappa shape index (κ3) is 5.38. The summed E-state index contributed by atoms with van der Waals surface area (Å²) in [5.41, 5.74) is 8.95. The van der Waals surface area contributed by atoms with Crippen molar-refractivity contribution in [3.05, 3.63) is 85.8 Å². The van der Waals surface area contributed by atoms with E-state index in [1.165, 1.54) is 23.1 Å². The molecule has 13 heteroatoms. The molecule has 1 amide bonds. The summed E-state index contributed by atoms with van der Waals surface area (Å²) in [6.45, 7) is 0. The number of benzene rings is 2. The Bertz CT molecular complexity index is 1600. The maximum Gasteiger partial charge on any atom is 0.234 e. The number of ketones is 1. The highest BCUT2D eigenvalue weighted by Crippen LogP contribution is 2.49. The van der Waals surface area contributed by atoms with Crippen LogP contribution >= 0.6 is 57.9 Å². The number of rotatable bonds is 6. The van der Waals surface area contributed by atoms with Crippen molar-refractivity contribution in [2.75, 3.05) is 16.0 Å². The van der Waals surface area contributed by atoms with Gasteiger partial charge in [-0.1, -0.05) is 82.2 Å². The smallest absolute Gasteiger partial charge is 0.234 e. The Morgan fingerprint density at radius 3 is 2.69 bits per heavy atom. The number of nitrogens with zero attached hydrogens (tertiary/aromatic N) is 4. The van der Waals surface area contributed by atoms with Crippen molar-refractivity contribution in [3.63, 3.8) is 0 Å². The molecule has 8 nitrogen and oxygen atoms in total. The Morgan fingerprint density at radius 2 is 1.92 bits per heavy atom. The molecular weight excluding hydrogens is 599 g/mol. The molecule has 1 aromatic heterocycles. The maximum absolute atomic E-state index is 13.3. The molecule has 2 aromatic carbocycles. The average molecular weight is 618 g/mol. The van der Waals surface area contributed by atoms with Gasteiger partial charge in [0.25, 0.3) is 0 Å². The van der Waals surface area contributed by atoms with Gasteiger partial charge in [-0.3, -0.25) is 14.5 Å². The number of nitriles is 1. The number of hydrogen-bond acceptors (Lipinski definition) is 9. The number of nitrogens with one attached hydrogen (secondary N) is 1. The zero-order valence-corrected chi connectivity index (χ0v) is 24.0. The SMILES string of the molecule is N#CC1=C(N)N(c2nnc(SCC(=O)Nc3ccccc3Cl)s2)C2=C(C(=O)CCC2)C1c1cccc(Cl)c1Cl. The number of aromatic nitrogens is 2. The number of anilines is 2. The second kappa shape index (κ2) is 11.6. The lowest BCUT2D eigenvalue weighted by Crippen LogP contribution is -2.38. The first-order valence-electron chi connectivity index (χ1n) is 11.7.